The van der Waals surface area contributed by atoms with Gasteiger partial charge in [-0.15, -0.1) is 5.54 Å². The zero-order valence-electron chi connectivity index (χ0n) is 10.4. The molecule has 2 aromatic rings. The maximum Gasteiger partial charge on any atom is 0.129 e. The van der Waals surface area contributed by atoms with Gasteiger partial charge >= 0.3 is 0 Å². The zero-order chi connectivity index (χ0) is 12.3. The average molecular weight is 240 g/mol. The molecule has 0 aliphatic heterocycles. The van der Waals surface area contributed by atoms with E-state index in [9.17, 15) is 0 Å². The number of nitrogens with one attached hydrogen (secondary N) is 1. The van der Waals surface area contributed by atoms with Crippen molar-refractivity contribution in [3.8, 4) is 22.7 Å². The van der Waals surface area contributed by atoms with Gasteiger partial charge in [0, 0.05) is 5.56 Å². The van der Waals surface area contributed by atoms with E-state index < -0.39 is 8.07 Å². The second-order valence-corrected chi connectivity index (χ2v) is 9.79. The topological polar surface area (TPSA) is 28.7 Å². The minimum absolute atomic E-state index is 1.04. The van der Waals surface area contributed by atoms with Crippen LogP contribution >= 0.6 is 0 Å². The van der Waals surface area contributed by atoms with Crippen molar-refractivity contribution in [2.24, 2.45) is 0 Å². The van der Waals surface area contributed by atoms with Gasteiger partial charge in [0.25, 0.3) is 0 Å². The van der Waals surface area contributed by atoms with Gasteiger partial charge < -0.3 is 4.98 Å². The normalized spacial score (nSPS) is 10.8. The summed E-state index contributed by atoms with van der Waals surface area (Å²) < 4.78 is 0. The fourth-order valence-corrected chi connectivity index (χ4v) is 1.93. The Morgan fingerprint density at radius 3 is 2.35 bits per heavy atom. The Morgan fingerprint density at radius 1 is 1.12 bits per heavy atom. The molecule has 1 N–H and O–H groups in total. The highest BCUT2D eigenvalue weighted by Crippen LogP contribution is 2.16. The molecule has 86 valence electrons. The van der Waals surface area contributed by atoms with Gasteiger partial charge in [0.2, 0.25) is 0 Å². The first-order valence-electron chi connectivity index (χ1n) is 5.67. The van der Waals surface area contributed by atoms with E-state index in [0.717, 1.165) is 16.8 Å². The molecule has 0 aliphatic carbocycles. The molecule has 2 rings (SSSR count). The number of benzene rings is 1. The maximum atomic E-state index is 4.01. The molecular formula is C14H16N2Si. The van der Waals surface area contributed by atoms with E-state index in [4.69, 9.17) is 0 Å². The number of imidazole rings is 1. The van der Waals surface area contributed by atoms with Crippen molar-refractivity contribution >= 4 is 8.07 Å². The summed E-state index contributed by atoms with van der Waals surface area (Å²) in [5.74, 6) is 3.24. The van der Waals surface area contributed by atoms with Crippen LogP contribution in [0.15, 0.2) is 36.8 Å². The number of aromatic amines is 1. The predicted molar refractivity (Wildman–Crippen MR) is 74.2 cm³/mol. The molecule has 1 heterocycles. The molecule has 0 amide bonds. The molecular weight excluding hydrogens is 224 g/mol. The standard InChI is InChI=1S/C14H16N2Si/c1-17(2,3)9-8-12-4-6-13(7-5-12)14-10-15-11-16-14/h4-7,10-11H,1-3H3,(H,15,16). The first-order chi connectivity index (χ1) is 8.04. The summed E-state index contributed by atoms with van der Waals surface area (Å²) in [5.41, 5.74) is 6.62. The molecule has 0 radical (unpaired) electrons. The number of rotatable bonds is 1. The summed E-state index contributed by atoms with van der Waals surface area (Å²) in [7, 11) is -1.28. The fraction of sp³-hybridized carbons (Fsp3) is 0.214. The van der Waals surface area contributed by atoms with Crippen LogP contribution in [0.25, 0.3) is 11.3 Å². The minimum atomic E-state index is -1.28. The van der Waals surface area contributed by atoms with Crippen LogP contribution in [0.1, 0.15) is 5.56 Å². The molecule has 2 nitrogen and oxygen atoms in total. The number of hydrogen-bond acceptors (Lipinski definition) is 1. The molecule has 1 aromatic heterocycles. The Morgan fingerprint density at radius 2 is 1.82 bits per heavy atom. The molecule has 0 spiro atoms. The summed E-state index contributed by atoms with van der Waals surface area (Å²) in [6.45, 7) is 6.75. The molecule has 1 aromatic carbocycles. The Kier molecular flexibility index (Phi) is 3.16. The van der Waals surface area contributed by atoms with Crippen LogP contribution in [-0.2, 0) is 0 Å². The summed E-state index contributed by atoms with van der Waals surface area (Å²) in [4.78, 5) is 7.10. The molecule has 17 heavy (non-hydrogen) atoms. The second kappa shape index (κ2) is 4.60. The lowest BCUT2D eigenvalue weighted by atomic mass is 10.1. The van der Waals surface area contributed by atoms with Crippen LogP contribution in [0, 0.1) is 11.5 Å². The molecule has 0 unspecified atom stereocenters. The first kappa shape index (κ1) is 11.7. The van der Waals surface area contributed by atoms with Gasteiger partial charge in [-0.1, -0.05) is 37.7 Å². The highest BCUT2D eigenvalue weighted by molar-refractivity contribution is 6.83. The van der Waals surface area contributed by atoms with Crippen molar-refractivity contribution in [3.63, 3.8) is 0 Å². The smallest absolute Gasteiger partial charge is 0.129 e. The van der Waals surface area contributed by atoms with E-state index >= 15 is 0 Å². The number of aromatic nitrogens is 2. The van der Waals surface area contributed by atoms with Gasteiger partial charge in [-0.3, -0.25) is 0 Å². The van der Waals surface area contributed by atoms with Crippen LogP contribution in [0.2, 0.25) is 19.6 Å². The lowest BCUT2D eigenvalue weighted by molar-refractivity contribution is 1.31. The van der Waals surface area contributed by atoms with Crippen molar-refractivity contribution in [3.05, 3.63) is 42.4 Å². The van der Waals surface area contributed by atoms with E-state index in [-0.39, 0.29) is 0 Å². The van der Waals surface area contributed by atoms with Crippen LogP contribution in [0.4, 0.5) is 0 Å². The lowest BCUT2D eigenvalue weighted by Gasteiger charge is -2.03. The van der Waals surface area contributed by atoms with Crippen molar-refractivity contribution in [1.82, 2.24) is 9.97 Å². The van der Waals surface area contributed by atoms with Gasteiger partial charge in [0.15, 0.2) is 0 Å². The summed E-state index contributed by atoms with van der Waals surface area (Å²) in [6.07, 6.45) is 3.51. The number of H-pyrrole nitrogens is 1. The molecule has 0 atom stereocenters. The quantitative estimate of drug-likeness (QED) is 0.601. The third-order valence-corrected chi connectivity index (χ3v) is 3.15. The van der Waals surface area contributed by atoms with Crippen molar-refractivity contribution in [2.45, 2.75) is 19.6 Å². The van der Waals surface area contributed by atoms with E-state index in [1.54, 1.807) is 6.33 Å². The third-order valence-electron chi connectivity index (χ3n) is 2.28. The summed E-state index contributed by atoms with van der Waals surface area (Å²) >= 11 is 0. The van der Waals surface area contributed by atoms with Gasteiger partial charge in [-0.05, 0) is 17.7 Å². The van der Waals surface area contributed by atoms with Gasteiger partial charge in [-0.25, -0.2) is 4.98 Å². The average Bonchev–Trinajstić information content (AvgIpc) is 2.79. The Balaban J connectivity index is 2.21. The molecule has 0 fully saturated rings. The fourth-order valence-electron chi connectivity index (χ4n) is 1.41. The molecule has 0 saturated carbocycles. The van der Waals surface area contributed by atoms with E-state index in [1.165, 1.54) is 0 Å². The number of hydrogen-bond donors (Lipinski definition) is 1. The predicted octanol–water partition coefficient (Wildman–Crippen LogP) is 3.31. The lowest BCUT2D eigenvalue weighted by Crippen LogP contribution is -2.16. The number of nitrogens with zero attached hydrogens (tertiary/aromatic N) is 1. The van der Waals surface area contributed by atoms with Crippen LogP contribution in [0.5, 0.6) is 0 Å². The second-order valence-electron chi connectivity index (χ2n) is 5.04. The summed E-state index contributed by atoms with van der Waals surface area (Å²) in [6, 6.07) is 8.26. The highest BCUT2D eigenvalue weighted by Gasteiger charge is 2.07. The van der Waals surface area contributed by atoms with Crippen LogP contribution < -0.4 is 0 Å². The van der Waals surface area contributed by atoms with Crippen LogP contribution in [0.3, 0.4) is 0 Å². The first-order valence-corrected chi connectivity index (χ1v) is 9.17. The molecule has 0 bridgehead atoms. The van der Waals surface area contributed by atoms with Crippen LogP contribution in [-0.4, -0.2) is 18.0 Å². The van der Waals surface area contributed by atoms with Gasteiger partial charge in [-0.2, -0.15) is 0 Å². The largest absolute Gasteiger partial charge is 0.345 e. The van der Waals surface area contributed by atoms with E-state index in [0.29, 0.717) is 0 Å². The zero-order valence-corrected chi connectivity index (χ0v) is 11.4. The Labute approximate surface area is 103 Å². The summed E-state index contributed by atoms with van der Waals surface area (Å²) in [5, 5.41) is 0. The van der Waals surface area contributed by atoms with E-state index in [2.05, 4.69) is 65.3 Å². The molecule has 0 aliphatic rings. The minimum Gasteiger partial charge on any atom is -0.345 e. The molecule has 0 saturated heterocycles. The molecule has 3 heteroatoms. The van der Waals surface area contributed by atoms with Crippen molar-refractivity contribution < 1.29 is 0 Å². The van der Waals surface area contributed by atoms with Crippen molar-refractivity contribution in [2.75, 3.05) is 0 Å². The highest BCUT2D eigenvalue weighted by atomic mass is 28.3. The van der Waals surface area contributed by atoms with Gasteiger partial charge in [0.1, 0.15) is 8.07 Å². The maximum absolute atomic E-state index is 4.01. The Hall–Kier alpha value is -1.79. The SMILES string of the molecule is C[Si](C)(C)C#Cc1ccc(-c2cnc[nH]2)cc1. The van der Waals surface area contributed by atoms with E-state index in [1.807, 2.05) is 6.20 Å². The monoisotopic (exact) mass is 240 g/mol. The van der Waals surface area contributed by atoms with Crippen molar-refractivity contribution in [1.29, 1.82) is 0 Å². The van der Waals surface area contributed by atoms with Gasteiger partial charge in [0.05, 0.1) is 18.2 Å². The Bertz CT molecular complexity index is 537. The third kappa shape index (κ3) is 3.33.